The zero-order chi connectivity index (χ0) is 22.0. The number of likely N-dealkylation sites (tertiary alicyclic amines) is 1. The lowest BCUT2D eigenvalue weighted by Gasteiger charge is -2.35. The highest BCUT2D eigenvalue weighted by atomic mass is 35.5. The zero-order valence-electron chi connectivity index (χ0n) is 17.5. The van der Waals surface area contributed by atoms with Gasteiger partial charge >= 0.3 is 0 Å². The normalized spacial score (nSPS) is 17.2. The van der Waals surface area contributed by atoms with Gasteiger partial charge in [-0.25, -0.2) is 8.78 Å². The number of carbonyl (C=O) groups excluding carboxylic acids is 1. The Labute approximate surface area is 185 Å². The van der Waals surface area contributed by atoms with Crippen molar-refractivity contribution in [3.63, 3.8) is 0 Å². The maximum Gasteiger partial charge on any atom is 0.270 e. The van der Waals surface area contributed by atoms with Crippen LogP contribution >= 0.6 is 11.6 Å². The van der Waals surface area contributed by atoms with Gasteiger partial charge in [-0.3, -0.25) is 9.69 Å². The minimum Gasteiger partial charge on any atom is -0.350 e. The number of hydrogen-bond donors (Lipinski definition) is 1. The molecule has 164 valence electrons. The first-order chi connectivity index (χ1) is 14.9. The standard InChI is InChI=1S/C24H26ClF2N3O/c1-2-30(24(31)23-12-20-21(27)10-19(26)11-22(20)28-23)15-17-4-3-9-29(14-17)13-16-5-7-18(25)8-6-16/h5-8,10-12,17,28H,2-4,9,13-15H2,1H3. The van der Waals surface area contributed by atoms with E-state index in [4.69, 9.17) is 11.6 Å². The number of halogens is 3. The summed E-state index contributed by atoms with van der Waals surface area (Å²) in [5.74, 6) is -1.16. The van der Waals surface area contributed by atoms with Gasteiger partial charge in [0.15, 0.2) is 0 Å². The van der Waals surface area contributed by atoms with Crippen LogP contribution in [0.5, 0.6) is 0 Å². The summed E-state index contributed by atoms with van der Waals surface area (Å²) in [4.78, 5) is 20.2. The Kier molecular flexibility index (Phi) is 6.58. The molecule has 0 spiro atoms. The van der Waals surface area contributed by atoms with Crippen molar-refractivity contribution in [3.05, 3.63) is 70.4 Å². The van der Waals surface area contributed by atoms with Crippen molar-refractivity contribution in [3.8, 4) is 0 Å². The third-order valence-corrected chi connectivity index (χ3v) is 6.20. The zero-order valence-corrected chi connectivity index (χ0v) is 18.3. The van der Waals surface area contributed by atoms with Crippen LogP contribution in [-0.2, 0) is 6.54 Å². The summed E-state index contributed by atoms with van der Waals surface area (Å²) < 4.78 is 27.5. The molecule has 1 N–H and O–H groups in total. The van der Waals surface area contributed by atoms with E-state index in [0.29, 0.717) is 24.5 Å². The highest BCUT2D eigenvalue weighted by Gasteiger charge is 2.25. The minimum absolute atomic E-state index is 0.187. The average molecular weight is 446 g/mol. The second-order valence-corrected chi connectivity index (χ2v) is 8.68. The molecule has 0 aliphatic carbocycles. The van der Waals surface area contributed by atoms with Gasteiger partial charge in [-0.15, -0.1) is 0 Å². The van der Waals surface area contributed by atoms with Crippen molar-refractivity contribution >= 4 is 28.4 Å². The van der Waals surface area contributed by atoms with Gasteiger partial charge in [0.25, 0.3) is 5.91 Å². The Morgan fingerprint density at radius 1 is 1.23 bits per heavy atom. The van der Waals surface area contributed by atoms with Crippen LogP contribution in [0.3, 0.4) is 0 Å². The summed E-state index contributed by atoms with van der Waals surface area (Å²) in [6.07, 6.45) is 2.15. The predicted molar refractivity (Wildman–Crippen MR) is 119 cm³/mol. The van der Waals surface area contributed by atoms with Gasteiger partial charge in [0, 0.05) is 42.7 Å². The number of amides is 1. The second kappa shape index (κ2) is 9.37. The molecule has 1 amide bonds. The summed E-state index contributed by atoms with van der Waals surface area (Å²) in [7, 11) is 0. The van der Waals surface area contributed by atoms with Crippen LogP contribution in [0, 0.1) is 17.6 Å². The molecule has 1 aliphatic heterocycles. The van der Waals surface area contributed by atoms with E-state index in [1.807, 2.05) is 31.2 Å². The third kappa shape index (κ3) is 5.08. The number of nitrogens with one attached hydrogen (secondary N) is 1. The first-order valence-electron chi connectivity index (χ1n) is 10.7. The molecular weight excluding hydrogens is 420 g/mol. The number of carbonyl (C=O) groups is 1. The van der Waals surface area contributed by atoms with E-state index >= 15 is 0 Å². The van der Waals surface area contributed by atoms with E-state index < -0.39 is 11.6 Å². The summed E-state index contributed by atoms with van der Waals surface area (Å²) in [6, 6.07) is 11.4. The molecule has 1 aliphatic rings. The molecule has 31 heavy (non-hydrogen) atoms. The summed E-state index contributed by atoms with van der Waals surface area (Å²) in [5.41, 5.74) is 1.81. The van der Waals surface area contributed by atoms with Crippen molar-refractivity contribution in [2.45, 2.75) is 26.3 Å². The van der Waals surface area contributed by atoms with Crippen LogP contribution in [0.1, 0.15) is 35.8 Å². The summed E-state index contributed by atoms with van der Waals surface area (Å²) in [5, 5.41) is 0.963. The van der Waals surface area contributed by atoms with E-state index in [0.717, 1.165) is 43.6 Å². The van der Waals surface area contributed by atoms with Gasteiger partial charge in [0.2, 0.25) is 0 Å². The number of aromatic amines is 1. The minimum atomic E-state index is -0.668. The van der Waals surface area contributed by atoms with Crippen LogP contribution in [0.15, 0.2) is 42.5 Å². The van der Waals surface area contributed by atoms with Crippen molar-refractivity contribution in [1.82, 2.24) is 14.8 Å². The molecule has 0 saturated carbocycles. The average Bonchev–Trinajstić information content (AvgIpc) is 3.18. The lowest BCUT2D eigenvalue weighted by Crippen LogP contribution is -2.42. The fourth-order valence-corrected chi connectivity index (χ4v) is 4.53. The molecular formula is C24H26ClF2N3O. The van der Waals surface area contributed by atoms with Crippen molar-refractivity contribution in [2.24, 2.45) is 5.92 Å². The number of piperidine rings is 1. The quantitative estimate of drug-likeness (QED) is 0.546. The Hall–Kier alpha value is -2.44. The number of nitrogens with zero attached hydrogens (tertiary/aromatic N) is 2. The van der Waals surface area contributed by atoms with Crippen LogP contribution in [0.25, 0.3) is 10.9 Å². The van der Waals surface area contributed by atoms with E-state index in [1.165, 1.54) is 17.7 Å². The lowest BCUT2D eigenvalue weighted by molar-refractivity contribution is 0.0680. The summed E-state index contributed by atoms with van der Waals surface area (Å²) in [6.45, 7) is 5.94. The van der Waals surface area contributed by atoms with Crippen LogP contribution in [0.2, 0.25) is 5.02 Å². The molecule has 0 radical (unpaired) electrons. The highest BCUT2D eigenvalue weighted by Crippen LogP contribution is 2.24. The fraction of sp³-hybridized carbons (Fsp3) is 0.375. The number of fused-ring (bicyclic) bond motifs is 1. The van der Waals surface area contributed by atoms with Crippen LogP contribution in [-0.4, -0.2) is 46.9 Å². The van der Waals surface area contributed by atoms with Crippen molar-refractivity contribution in [1.29, 1.82) is 0 Å². The maximum atomic E-state index is 14.0. The second-order valence-electron chi connectivity index (χ2n) is 8.25. The van der Waals surface area contributed by atoms with Gasteiger partial charge in [-0.1, -0.05) is 23.7 Å². The molecule has 1 saturated heterocycles. The molecule has 1 unspecified atom stereocenters. The lowest BCUT2D eigenvalue weighted by atomic mass is 9.96. The first-order valence-corrected chi connectivity index (χ1v) is 11.0. The summed E-state index contributed by atoms with van der Waals surface area (Å²) >= 11 is 5.98. The number of hydrogen-bond acceptors (Lipinski definition) is 2. The molecule has 3 aromatic rings. The molecule has 7 heteroatoms. The van der Waals surface area contributed by atoms with E-state index in [1.54, 1.807) is 4.90 Å². The van der Waals surface area contributed by atoms with Gasteiger partial charge in [0.1, 0.15) is 17.3 Å². The van der Waals surface area contributed by atoms with Gasteiger partial charge < -0.3 is 9.88 Å². The van der Waals surface area contributed by atoms with Crippen LogP contribution in [0.4, 0.5) is 8.78 Å². The number of rotatable bonds is 6. The van der Waals surface area contributed by atoms with Crippen molar-refractivity contribution in [2.75, 3.05) is 26.2 Å². The molecule has 0 bridgehead atoms. The Morgan fingerprint density at radius 3 is 2.74 bits per heavy atom. The van der Waals surface area contributed by atoms with E-state index in [2.05, 4.69) is 9.88 Å². The molecule has 4 rings (SSSR count). The topological polar surface area (TPSA) is 39.3 Å². The SMILES string of the molecule is CCN(CC1CCCN(Cc2ccc(Cl)cc2)C1)C(=O)c1cc2c(F)cc(F)cc2[nH]1. The molecule has 1 atom stereocenters. The molecule has 2 aromatic carbocycles. The highest BCUT2D eigenvalue weighted by molar-refractivity contribution is 6.30. The predicted octanol–water partition coefficient (Wildman–Crippen LogP) is 5.47. The largest absolute Gasteiger partial charge is 0.350 e. The Morgan fingerprint density at radius 2 is 2.00 bits per heavy atom. The molecule has 2 heterocycles. The maximum absolute atomic E-state index is 14.0. The van der Waals surface area contributed by atoms with Gasteiger partial charge in [0.05, 0.1) is 5.52 Å². The number of aromatic nitrogens is 1. The smallest absolute Gasteiger partial charge is 0.270 e. The van der Waals surface area contributed by atoms with E-state index in [-0.39, 0.29) is 17.0 Å². The number of benzene rings is 2. The Balaban J connectivity index is 1.42. The van der Waals surface area contributed by atoms with Crippen molar-refractivity contribution < 1.29 is 13.6 Å². The molecule has 1 aromatic heterocycles. The monoisotopic (exact) mass is 445 g/mol. The van der Waals surface area contributed by atoms with Crippen LogP contribution < -0.4 is 0 Å². The van der Waals surface area contributed by atoms with E-state index in [9.17, 15) is 13.6 Å². The number of H-pyrrole nitrogens is 1. The Bertz CT molecular complexity index is 1070. The first kappa shape index (κ1) is 21.8. The van der Waals surface area contributed by atoms with Gasteiger partial charge in [-0.2, -0.15) is 0 Å². The molecule has 4 nitrogen and oxygen atoms in total. The third-order valence-electron chi connectivity index (χ3n) is 5.95. The molecule has 1 fully saturated rings. The van der Waals surface area contributed by atoms with Gasteiger partial charge in [-0.05, 0) is 62.1 Å². The fourth-order valence-electron chi connectivity index (χ4n) is 4.41.